The highest BCUT2D eigenvalue weighted by Gasteiger charge is 2.42. The van der Waals surface area contributed by atoms with Gasteiger partial charge in [0.2, 0.25) is 0 Å². The summed E-state index contributed by atoms with van der Waals surface area (Å²) in [4.78, 5) is 38.9. The van der Waals surface area contributed by atoms with Gasteiger partial charge in [0.05, 0.1) is 23.4 Å². The second-order valence-electron chi connectivity index (χ2n) is 8.31. The van der Waals surface area contributed by atoms with Crippen LogP contribution in [-0.2, 0) is 9.53 Å². The quantitative estimate of drug-likeness (QED) is 0.420. The number of nitrogens with one attached hydrogen (secondary N) is 1. The molecule has 1 unspecified atom stereocenters. The van der Waals surface area contributed by atoms with E-state index in [2.05, 4.69) is 5.32 Å². The molecule has 1 atom stereocenters. The van der Waals surface area contributed by atoms with Crippen LogP contribution in [0.1, 0.15) is 51.6 Å². The summed E-state index contributed by atoms with van der Waals surface area (Å²) >= 11 is 0. The van der Waals surface area contributed by atoms with Gasteiger partial charge in [-0.25, -0.2) is 9.59 Å². The molecule has 0 bridgehead atoms. The molecule has 35 heavy (non-hydrogen) atoms. The Morgan fingerprint density at radius 1 is 0.857 bits per heavy atom. The van der Waals surface area contributed by atoms with E-state index in [0.717, 1.165) is 11.1 Å². The van der Waals surface area contributed by atoms with Gasteiger partial charge in [0.15, 0.2) is 5.78 Å². The summed E-state index contributed by atoms with van der Waals surface area (Å²) in [5.74, 6) is -1.32. The summed E-state index contributed by atoms with van der Waals surface area (Å²) in [7, 11) is 0. The van der Waals surface area contributed by atoms with Gasteiger partial charge >= 0.3 is 11.9 Å². The van der Waals surface area contributed by atoms with E-state index in [1.54, 1.807) is 61.5 Å². The summed E-state index contributed by atoms with van der Waals surface area (Å²) in [6.07, 6.45) is 0. The van der Waals surface area contributed by atoms with E-state index in [0.29, 0.717) is 39.4 Å². The number of rotatable bonds is 5. The van der Waals surface area contributed by atoms with E-state index < -0.39 is 17.9 Å². The standard InChI is InChI=1S/C29H23NO5/c1-3-34-29(33)23-17(2)30-26-21-11-7-8-12-22(21)27(31)25(26)24(23)18-13-15-20(16-14-18)35-28(32)19-9-5-4-6-10-19/h4-16,24,30H,3H2,1-2H3. The predicted octanol–water partition coefficient (Wildman–Crippen LogP) is 5.04. The molecule has 0 fully saturated rings. The molecule has 0 saturated heterocycles. The summed E-state index contributed by atoms with van der Waals surface area (Å²) < 4.78 is 10.9. The van der Waals surface area contributed by atoms with Gasteiger partial charge < -0.3 is 14.8 Å². The van der Waals surface area contributed by atoms with Crippen LogP contribution in [0.2, 0.25) is 0 Å². The monoisotopic (exact) mass is 465 g/mol. The third kappa shape index (κ3) is 3.93. The van der Waals surface area contributed by atoms with Crippen LogP contribution >= 0.6 is 0 Å². The second kappa shape index (κ2) is 9.06. The molecule has 1 N–H and O–H groups in total. The largest absolute Gasteiger partial charge is 0.463 e. The molecule has 6 heteroatoms. The number of allylic oxidation sites excluding steroid dienone is 2. The van der Waals surface area contributed by atoms with Gasteiger partial charge in [-0.3, -0.25) is 4.79 Å². The molecular formula is C29H23NO5. The molecule has 0 spiro atoms. The van der Waals surface area contributed by atoms with Gasteiger partial charge in [0, 0.05) is 28.3 Å². The molecule has 2 aliphatic rings. The van der Waals surface area contributed by atoms with E-state index in [4.69, 9.17) is 9.47 Å². The fourth-order valence-corrected chi connectivity index (χ4v) is 4.61. The van der Waals surface area contributed by atoms with Crippen LogP contribution in [0.25, 0.3) is 5.70 Å². The van der Waals surface area contributed by atoms with Crippen molar-refractivity contribution in [1.82, 2.24) is 5.32 Å². The maximum Gasteiger partial charge on any atom is 0.343 e. The lowest BCUT2D eigenvalue weighted by molar-refractivity contribution is -0.138. The zero-order valence-electron chi connectivity index (χ0n) is 19.3. The fraction of sp³-hybridized carbons (Fsp3) is 0.138. The highest BCUT2D eigenvalue weighted by atomic mass is 16.5. The first-order chi connectivity index (χ1) is 17.0. The van der Waals surface area contributed by atoms with E-state index in [1.165, 1.54) is 0 Å². The van der Waals surface area contributed by atoms with Gasteiger partial charge in [0.25, 0.3) is 0 Å². The Kier molecular flexibility index (Phi) is 5.79. The zero-order chi connectivity index (χ0) is 24.5. The van der Waals surface area contributed by atoms with Gasteiger partial charge in [-0.15, -0.1) is 0 Å². The maximum absolute atomic E-state index is 13.5. The van der Waals surface area contributed by atoms with Crippen molar-refractivity contribution >= 4 is 23.4 Å². The number of Topliss-reactive ketones (excluding diaryl/α,β-unsaturated/α-hetero) is 1. The lowest BCUT2D eigenvalue weighted by Gasteiger charge is -2.29. The van der Waals surface area contributed by atoms with Crippen LogP contribution in [0.5, 0.6) is 5.75 Å². The number of carbonyl (C=O) groups excluding carboxylic acids is 3. The Bertz CT molecular complexity index is 1400. The lowest BCUT2D eigenvalue weighted by atomic mass is 9.80. The molecular weight excluding hydrogens is 442 g/mol. The minimum Gasteiger partial charge on any atom is -0.463 e. The lowest BCUT2D eigenvalue weighted by Crippen LogP contribution is -2.29. The van der Waals surface area contributed by atoms with Crippen molar-refractivity contribution in [3.05, 3.63) is 118 Å². The first kappa shape index (κ1) is 22.3. The van der Waals surface area contributed by atoms with Crippen LogP contribution in [0.3, 0.4) is 0 Å². The fourth-order valence-electron chi connectivity index (χ4n) is 4.61. The number of benzene rings is 3. The van der Waals surface area contributed by atoms with Crippen molar-refractivity contribution in [3.8, 4) is 5.75 Å². The highest BCUT2D eigenvalue weighted by molar-refractivity contribution is 6.23. The smallest absolute Gasteiger partial charge is 0.343 e. The molecule has 3 aromatic rings. The van der Waals surface area contributed by atoms with Crippen LogP contribution < -0.4 is 10.1 Å². The third-order valence-electron chi connectivity index (χ3n) is 6.18. The minimum absolute atomic E-state index is 0.123. The Balaban J connectivity index is 1.53. The number of hydrogen-bond donors (Lipinski definition) is 1. The number of ether oxygens (including phenoxy) is 2. The molecule has 3 aromatic carbocycles. The van der Waals surface area contributed by atoms with Crippen LogP contribution in [0, 0.1) is 0 Å². The predicted molar refractivity (Wildman–Crippen MR) is 131 cm³/mol. The second-order valence-corrected chi connectivity index (χ2v) is 8.31. The SMILES string of the molecule is CCOC(=O)C1=C(C)NC2=C(C(=O)c3ccccc32)C1c1ccc(OC(=O)c2ccccc2)cc1. The first-order valence-electron chi connectivity index (χ1n) is 11.4. The number of esters is 2. The van der Waals surface area contributed by atoms with Crippen molar-refractivity contribution < 1.29 is 23.9 Å². The number of fused-ring (bicyclic) bond motifs is 2. The van der Waals surface area contributed by atoms with Crippen LogP contribution in [0.15, 0.2) is 95.7 Å². The molecule has 1 aliphatic carbocycles. The number of dihydropyridines is 1. The molecule has 0 amide bonds. The average Bonchev–Trinajstić information content (AvgIpc) is 3.16. The summed E-state index contributed by atoms with van der Waals surface area (Å²) in [6, 6.07) is 23.0. The Labute approximate surface area is 202 Å². The van der Waals surface area contributed by atoms with Gasteiger partial charge in [0.1, 0.15) is 5.75 Å². The number of hydrogen-bond acceptors (Lipinski definition) is 6. The molecule has 0 saturated carbocycles. The average molecular weight is 466 g/mol. The van der Waals surface area contributed by atoms with Crippen molar-refractivity contribution in [2.24, 2.45) is 0 Å². The molecule has 1 aliphatic heterocycles. The Morgan fingerprint density at radius 3 is 2.20 bits per heavy atom. The molecule has 0 aromatic heterocycles. The van der Waals surface area contributed by atoms with Crippen LogP contribution in [0.4, 0.5) is 0 Å². The summed E-state index contributed by atoms with van der Waals surface area (Å²) in [6.45, 7) is 3.78. The van der Waals surface area contributed by atoms with E-state index >= 15 is 0 Å². The van der Waals surface area contributed by atoms with E-state index in [-0.39, 0.29) is 12.4 Å². The van der Waals surface area contributed by atoms with Gasteiger partial charge in [-0.2, -0.15) is 0 Å². The first-order valence-corrected chi connectivity index (χ1v) is 11.4. The van der Waals surface area contributed by atoms with Crippen molar-refractivity contribution in [2.75, 3.05) is 6.61 Å². The molecule has 1 heterocycles. The topological polar surface area (TPSA) is 81.7 Å². The Hall–Kier alpha value is -4.45. The zero-order valence-corrected chi connectivity index (χ0v) is 19.3. The molecule has 174 valence electrons. The van der Waals surface area contributed by atoms with Crippen molar-refractivity contribution in [2.45, 2.75) is 19.8 Å². The normalized spacial score (nSPS) is 16.4. The molecule has 5 rings (SSSR count). The Morgan fingerprint density at radius 2 is 1.51 bits per heavy atom. The third-order valence-corrected chi connectivity index (χ3v) is 6.18. The van der Waals surface area contributed by atoms with Gasteiger partial charge in [-0.1, -0.05) is 54.6 Å². The molecule has 6 nitrogen and oxygen atoms in total. The van der Waals surface area contributed by atoms with Crippen LogP contribution in [-0.4, -0.2) is 24.3 Å². The number of carbonyl (C=O) groups is 3. The highest BCUT2D eigenvalue weighted by Crippen LogP contribution is 2.46. The van der Waals surface area contributed by atoms with E-state index in [9.17, 15) is 14.4 Å². The maximum atomic E-state index is 13.5. The van der Waals surface area contributed by atoms with Crippen molar-refractivity contribution in [1.29, 1.82) is 0 Å². The number of ketones is 1. The van der Waals surface area contributed by atoms with E-state index in [1.807, 2.05) is 31.2 Å². The van der Waals surface area contributed by atoms with Gasteiger partial charge in [-0.05, 0) is 43.7 Å². The summed E-state index contributed by atoms with van der Waals surface area (Å²) in [5.41, 5.74) is 4.82. The molecule has 0 radical (unpaired) electrons. The minimum atomic E-state index is -0.621. The van der Waals surface area contributed by atoms with Crippen molar-refractivity contribution in [3.63, 3.8) is 0 Å². The summed E-state index contributed by atoms with van der Waals surface area (Å²) in [5, 5.41) is 3.28.